The van der Waals surface area contributed by atoms with Crippen LogP contribution in [0.1, 0.15) is 290 Å². The minimum Gasteiger partial charge on any atom is -0.462 e. The average molecular weight is 807 g/mol. The maximum Gasteiger partial charge on any atom is 0.306 e. The molecular weight excluding hydrogens is 709 g/mol. The molecule has 0 amide bonds. The molecule has 0 saturated heterocycles. The Morgan fingerprint density at radius 1 is 0.281 bits per heavy atom. The average Bonchev–Trinajstić information content (AvgIpc) is 3.21. The first-order valence-electron chi connectivity index (χ1n) is 25.5. The van der Waals surface area contributed by atoms with Gasteiger partial charge in [-0.05, 0) is 19.3 Å². The lowest BCUT2D eigenvalue weighted by Crippen LogP contribution is -2.30. The molecule has 6 heteroatoms. The van der Waals surface area contributed by atoms with Gasteiger partial charge in [-0.3, -0.25) is 14.4 Å². The van der Waals surface area contributed by atoms with Crippen LogP contribution in [0.15, 0.2) is 0 Å². The zero-order chi connectivity index (χ0) is 41.5. The Balaban J connectivity index is 4.22. The lowest BCUT2D eigenvalue weighted by atomic mass is 10.0. The highest BCUT2D eigenvalue weighted by Gasteiger charge is 2.19. The van der Waals surface area contributed by atoms with Crippen molar-refractivity contribution in [3.63, 3.8) is 0 Å². The van der Waals surface area contributed by atoms with E-state index in [-0.39, 0.29) is 31.1 Å². The fourth-order valence-corrected chi connectivity index (χ4v) is 7.74. The SMILES string of the molecule is CCCCCCCCCCCCCCCCCCCCC(=O)OC[C@H](COC(=O)CCCCCCCCCCC)OC(=O)CCCCCCCCCCCCCC. The lowest BCUT2D eigenvalue weighted by molar-refractivity contribution is -0.167. The van der Waals surface area contributed by atoms with Gasteiger partial charge in [0.2, 0.25) is 0 Å². The molecule has 338 valence electrons. The first-order chi connectivity index (χ1) is 28.0. The number of rotatable bonds is 47. The summed E-state index contributed by atoms with van der Waals surface area (Å²) in [5.41, 5.74) is 0. The Morgan fingerprint density at radius 3 is 0.702 bits per heavy atom. The second-order valence-electron chi connectivity index (χ2n) is 17.5. The van der Waals surface area contributed by atoms with Crippen molar-refractivity contribution < 1.29 is 28.6 Å². The predicted octanol–water partition coefficient (Wildman–Crippen LogP) is 16.4. The van der Waals surface area contributed by atoms with Crippen LogP contribution in [0.3, 0.4) is 0 Å². The number of unbranched alkanes of at least 4 members (excludes halogenated alkanes) is 36. The smallest absolute Gasteiger partial charge is 0.306 e. The van der Waals surface area contributed by atoms with Crippen LogP contribution in [0.4, 0.5) is 0 Å². The first kappa shape index (κ1) is 55.4. The minimum atomic E-state index is -0.758. The number of hydrogen-bond acceptors (Lipinski definition) is 6. The third kappa shape index (κ3) is 45.3. The first-order valence-corrected chi connectivity index (χ1v) is 25.5. The predicted molar refractivity (Wildman–Crippen MR) is 243 cm³/mol. The van der Waals surface area contributed by atoms with E-state index in [2.05, 4.69) is 20.8 Å². The van der Waals surface area contributed by atoms with Crippen molar-refractivity contribution in [3.8, 4) is 0 Å². The summed E-state index contributed by atoms with van der Waals surface area (Å²) in [4.78, 5) is 37.8. The Bertz CT molecular complexity index is 844. The molecule has 0 aromatic rings. The molecule has 6 nitrogen and oxygen atoms in total. The Morgan fingerprint density at radius 2 is 0.474 bits per heavy atom. The van der Waals surface area contributed by atoms with E-state index in [1.807, 2.05) is 0 Å². The van der Waals surface area contributed by atoms with E-state index in [4.69, 9.17) is 14.2 Å². The molecule has 0 aliphatic carbocycles. The van der Waals surface area contributed by atoms with Gasteiger partial charge < -0.3 is 14.2 Å². The highest BCUT2D eigenvalue weighted by Crippen LogP contribution is 2.17. The Hall–Kier alpha value is -1.59. The molecule has 0 N–H and O–H groups in total. The minimum absolute atomic E-state index is 0.0621. The molecule has 0 aliphatic rings. The molecule has 0 bridgehead atoms. The van der Waals surface area contributed by atoms with Crippen molar-refractivity contribution in [2.45, 2.75) is 297 Å². The fraction of sp³-hybridized carbons (Fsp3) is 0.941. The summed E-state index contributed by atoms with van der Waals surface area (Å²) < 4.78 is 16.8. The largest absolute Gasteiger partial charge is 0.462 e. The molecular formula is C51H98O6. The van der Waals surface area contributed by atoms with Crippen molar-refractivity contribution in [1.82, 2.24) is 0 Å². The summed E-state index contributed by atoms with van der Waals surface area (Å²) in [5.74, 6) is -0.846. The molecule has 0 radical (unpaired) electrons. The van der Waals surface area contributed by atoms with Crippen molar-refractivity contribution in [2.75, 3.05) is 13.2 Å². The number of hydrogen-bond donors (Lipinski definition) is 0. The zero-order valence-electron chi connectivity index (χ0n) is 38.6. The van der Waals surface area contributed by atoms with Gasteiger partial charge in [-0.1, -0.05) is 252 Å². The highest BCUT2D eigenvalue weighted by atomic mass is 16.6. The normalized spacial score (nSPS) is 11.8. The van der Waals surface area contributed by atoms with E-state index < -0.39 is 6.10 Å². The van der Waals surface area contributed by atoms with Crippen molar-refractivity contribution in [1.29, 1.82) is 0 Å². The van der Waals surface area contributed by atoms with E-state index in [9.17, 15) is 14.4 Å². The van der Waals surface area contributed by atoms with Crippen LogP contribution >= 0.6 is 0 Å². The van der Waals surface area contributed by atoms with Gasteiger partial charge in [-0.2, -0.15) is 0 Å². The van der Waals surface area contributed by atoms with Crippen LogP contribution in [0, 0.1) is 0 Å². The topological polar surface area (TPSA) is 78.9 Å². The number of carbonyl (C=O) groups is 3. The van der Waals surface area contributed by atoms with E-state index in [1.165, 1.54) is 193 Å². The molecule has 0 fully saturated rings. The molecule has 0 unspecified atom stereocenters. The second kappa shape index (κ2) is 47.1. The van der Waals surface area contributed by atoms with Gasteiger partial charge in [-0.25, -0.2) is 0 Å². The van der Waals surface area contributed by atoms with Crippen LogP contribution in [0.5, 0.6) is 0 Å². The van der Waals surface area contributed by atoms with Gasteiger partial charge in [-0.15, -0.1) is 0 Å². The number of ether oxygens (including phenoxy) is 3. The molecule has 0 rings (SSSR count). The monoisotopic (exact) mass is 807 g/mol. The van der Waals surface area contributed by atoms with Crippen molar-refractivity contribution in [3.05, 3.63) is 0 Å². The van der Waals surface area contributed by atoms with E-state index in [1.54, 1.807) is 0 Å². The second-order valence-corrected chi connectivity index (χ2v) is 17.5. The maximum absolute atomic E-state index is 12.7. The third-order valence-corrected chi connectivity index (χ3v) is 11.6. The molecule has 0 aromatic heterocycles. The third-order valence-electron chi connectivity index (χ3n) is 11.6. The van der Waals surface area contributed by atoms with Gasteiger partial charge in [0.05, 0.1) is 0 Å². The molecule has 0 heterocycles. The molecule has 0 aromatic carbocycles. The standard InChI is InChI=1S/C51H98O6/c1-4-7-10-13-16-19-21-23-24-25-26-27-28-30-32-35-38-41-44-50(53)56-47-48(46-55-49(52)43-40-37-34-31-18-15-12-9-6-3)57-51(54)45-42-39-36-33-29-22-20-17-14-11-8-5-2/h48H,4-47H2,1-3H3/t48-/m0/s1. The van der Waals surface area contributed by atoms with Gasteiger partial charge in [0.15, 0.2) is 6.10 Å². The Kier molecular flexibility index (Phi) is 45.8. The van der Waals surface area contributed by atoms with Crippen LogP contribution < -0.4 is 0 Å². The summed E-state index contributed by atoms with van der Waals surface area (Å²) in [7, 11) is 0. The van der Waals surface area contributed by atoms with Gasteiger partial charge >= 0.3 is 17.9 Å². The van der Waals surface area contributed by atoms with Gasteiger partial charge in [0.1, 0.15) is 13.2 Å². The maximum atomic E-state index is 12.7. The molecule has 1 atom stereocenters. The van der Waals surface area contributed by atoms with E-state index in [0.29, 0.717) is 19.3 Å². The van der Waals surface area contributed by atoms with Gasteiger partial charge in [0, 0.05) is 19.3 Å². The highest BCUT2D eigenvalue weighted by molar-refractivity contribution is 5.71. The lowest BCUT2D eigenvalue weighted by Gasteiger charge is -2.18. The molecule has 0 saturated carbocycles. The molecule has 0 aliphatic heterocycles. The van der Waals surface area contributed by atoms with Crippen LogP contribution in [-0.2, 0) is 28.6 Å². The van der Waals surface area contributed by atoms with Gasteiger partial charge in [0.25, 0.3) is 0 Å². The number of esters is 3. The molecule has 57 heavy (non-hydrogen) atoms. The van der Waals surface area contributed by atoms with Crippen LogP contribution in [0.25, 0.3) is 0 Å². The van der Waals surface area contributed by atoms with Crippen LogP contribution in [0.2, 0.25) is 0 Å². The quantitative estimate of drug-likeness (QED) is 0.0346. The summed E-state index contributed by atoms with van der Waals surface area (Å²) >= 11 is 0. The Labute approximate surface area is 355 Å². The van der Waals surface area contributed by atoms with E-state index >= 15 is 0 Å². The summed E-state index contributed by atoms with van der Waals surface area (Å²) in [6.45, 7) is 6.66. The summed E-state index contributed by atoms with van der Waals surface area (Å²) in [6.07, 6.45) is 49.5. The fourth-order valence-electron chi connectivity index (χ4n) is 7.74. The molecule has 0 spiro atoms. The van der Waals surface area contributed by atoms with Crippen LogP contribution in [-0.4, -0.2) is 37.2 Å². The van der Waals surface area contributed by atoms with E-state index in [0.717, 1.165) is 57.8 Å². The number of carbonyl (C=O) groups excluding carboxylic acids is 3. The summed E-state index contributed by atoms with van der Waals surface area (Å²) in [5, 5.41) is 0. The van der Waals surface area contributed by atoms with Crippen molar-refractivity contribution >= 4 is 17.9 Å². The summed E-state index contributed by atoms with van der Waals surface area (Å²) in [6, 6.07) is 0. The van der Waals surface area contributed by atoms with Crippen molar-refractivity contribution in [2.24, 2.45) is 0 Å². The zero-order valence-corrected chi connectivity index (χ0v) is 38.6.